The van der Waals surface area contributed by atoms with Crippen LogP contribution < -0.4 is 10.1 Å². The van der Waals surface area contributed by atoms with Crippen molar-refractivity contribution in [2.75, 3.05) is 5.32 Å². The molecule has 0 fully saturated rings. The van der Waals surface area contributed by atoms with E-state index in [1.807, 2.05) is 19.9 Å². The van der Waals surface area contributed by atoms with Crippen molar-refractivity contribution >= 4 is 22.8 Å². The van der Waals surface area contributed by atoms with E-state index in [2.05, 4.69) is 26.3 Å². The highest BCUT2D eigenvalue weighted by molar-refractivity contribution is 5.83. The van der Waals surface area contributed by atoms with Crippen molar-refractivity contribution < 1.29 is 9.84 Å². The van der Waals surface area contributed by atoms with Crippen LogP contribution >= 0.6 is 0 Å². The maximum absolute atomic E-state index is 9.66. The van der Waals surface area contributed by atoms with Gasteiger partial charge in [0.15, 0.2) is 5.65 Å². The fraction of sp³-hybridized carbons (Fsp3) is 0.136. The molecule has 0 radical (unpaired) electrons. The van der Waals surface area contributed by atoms with Crippen LogP contribution in [-0.4, -0.2) is 24.6 Å². The average Bonchev–Trinajstić information content (AvgIpc) is 3.19. The Morgan fingerprint density at radius 1 is 1.06 bits per heavy atom. The van der Waals surface area contributed by atoms with E-state index in [4.69, 9.17) is 10.00 Å². The zero-order valence-electron chi connectivity index (χ0n) is 16.8. The number of fused-ring (bicyclic) bond motifs is 1. The molecule has 0 atom stereocenters. The molecule has 0 unspecified atom stereocenters. The number of aromatic nitrogens is 4. The second-order valence-corrected chi connectivity index (χ2v) is 6.84. The van der Waals surface area contributed by atoms with Crippen LogP contribution in [0, 0.1) is 36.5 Å². The SMILES string of the molecule is Cc1cc(C#N)cc(C)c1Oc1nc(Nc2ccc(C#N)cn2)nc2c1ccn2CO. The summed E-state index contributed by atoms with van der Waals surface area (Å²) in [4.78, 5) is 13.1. The summed E-state index contributed by atoms with van der Waals surface area (Å²) in [7, 11) is 0. The van der Waals surface area contributed by atoms with Crippen molar-refractivity contribution in [3.8, 4) is 23.8 Å². The van der Waals surface area contributed by atoms with Gasteiger partial charge in [0.05, 0.1) is 22.6 Å². The summed E-state index contributed by atoms with van der Waals surface area (Å²) >= 11 is 0. The van der Waals surface area contributed by atoms with Gasteiger partial charge < -0.3 is 19.7 Å². The van der Waals surface area contributed by atoms with Crippen LogP contribution in [0.4, 0.5) is 11.8 Å². The van der Waals surface area contributed by atoms with Crippen LogP contribution in [0.1, 0.15) is 22.3 Å². The third-order valence-corrected chi connectivity index (χ3v) is 4.66. The molecule has 2 N–H and O–H groups in total. The molecule has 9 heteroatoms. The summed E-state index contributed by atoms with van der Waals surface area (Å²) in [6, 6.07) is 12.7. The smallest absolute Gasteiger partial charge is 0.233 e. The van der Waals surface area contributed by atoms with E-state index >= 15 is 0 Å². The Morgan fingerprint density at radius 3 is 2.42 bits per heavy atom. The topological polar surface area (TPSA) is 133 Å². The lowest BCUT2D eigenvalue weighted by Crippen LogP contribution is -2.04. The van der Waals surface area contributed by atoms with Gasteiger partial charge in [-0.15, -0.1) is 0 Å². The van der Waals surface area contributed by atoms with E-state index in [1.54, 1.807) is 41.1 Å². The Hall–Kier alpha value is -4.47. The quantitative estimate of drug-likeness (QED) is 0.508. The second-order valence-electron chi connectivity index (χ2n) is 6.84. The van der Waals surface area contributed by atoms with Gasteiger partial charge in [-0.3, -0.25) is 0 Å². The fourth-order valence-electron chi connectivity index (χ4n) is 3.21. The maximum atomic E-state index is 9.66. The van der Waals surface area contributed by atoms with Crippen molar-refractivity contribution in [2.45, 2.75) is 20.6 Å². The third-order valence-electron chi connectivity index (χ3n) is 4.66. The number of aryl methyl sites for hydroxylation is 2. The first-order valence-corrected chi connectivity index (χ1v) is 9.32. The Labute approximate surface area is 177 Å². The van der Waals surface area contributed by atoms with Gasteiger partial charge >= 0.3 is 0 Å². The van der Waals surface area contributed by atoms with Gasteiger partial charge in [-0.05, 0) is 55.3 Å². The standard InChI is InChI=1S/C22H17N7O2/c1-13-7-16(10-24)8-14(2)19(13)31-21-17-5-6-29(12-30)20(17)27-22(28-21)26-18-4-3-15(9-23)11-25-18/h3-8,11,30H,12H2,1-2H3,(H,25,26,27,28). The molecular weight excluding hydrogens is 394 g/mol. The van der Waals surface area contributed by atoms with Crippen LogP contribution in [0.25, 0.3) is 11.0 Å². The number of hydrogen-bond acceptors (Lipinski definition) is 8. The van der Waals surface area contributed by atoms with Crippen LogP contribution in [0.15, 0.2) is 42.7 Å². The molecule has 0 amide bonds. The second kappa shape index (κ2) is 8.11. The lowest BCUT2D eigenvalue weighted by molar-refractivity contribution is 0.215. The number of pyridine rings is 1. The minimum absolute atomic E-state index is 0.219. The number of nitrogens with zero attached hydrogens (tertiary/aromatic N) is 6. The summed E-state index contributed by atoms with van der Waals surface area (Å²) in [5.41, 5.74) is 3.07. The summed E-state index contributed by atoms with van der Waals surface area (Å²) < 4.78 is 7.72. The predicted octanol–water partition coefficient (Wildman–Crippen LogP) is 3.67. The summed E-state index contributed by atoms with van der Waals surface area (Å²) in [5.74, 6) is 1.57. The monoisotopic (exact) mass is 411 g/mol. The van der Waals surface area contributed by atoms with Crippen LogP contribution in [0.3, 0.4) is 0 Å². The molecule has 0 aliphatic carbocycles. The Morgan fingerprint density at radius 2 is 1.81 bits per heavy atom. The Balaban J connectivity index is 1.78. The number of rotatable bonds is 5. The molecular formula is C22H17N7O2. The van der Waals surface area contributed by atoms with E-state index in [1.165, 1.54) is 6.20 Å². The number of benzene rings is 1. The predicted molar refractivity (Wildman–Crippen MR) is 113 cm³/mol. The first-order valence-electron chi connectivity index (χ1n) is 9.32. The van der Waals surface area contributed by atoms with E-state index in [9.17, 15) is 10.4 Å². The zero-order valence-corrected chi connectivity index (χ0v) is 16.8. The van der Waals surface area contributed by atoms with Gasteiger partial charge in [-0.2, -0.15) is 20.5 Å². The number of nitrogens with one attached hydrogen (secondary N) is 1. The van der Waals surface area contributed by atoms with Gasteiger partial charge in [-0.25, -0.2) is 4.98 Å². The van der Waals surface area contributed by atoms with Crippen LogP contribution in [-0.2, 0) is 6.73 Å². The van der Waals surface area contributed by atoms with Crippen molar-refractivity contribution in [3.63, 3.8) is 0 Å². The van der Waals surface area contributed by atoms with E-state index in [0.29, 0.717) is 39.6 Å². The molecule has 1 aromatic carbocycles. The Bertz CT molecular complexity index is 1340. The molecule has 152 valence electrons. The summed E-state index contributed by atoms with van der Waals surface area (Å²) in [6.07, 6.45) is 3.13. The first-order chi connectivity index (χ1) is 15.0. The van der Waals surface area contributed by atoms with E-state index in [0.717, 1.165) is 11.1 Å². The number of anilines is 2. The third kappa shape index (κ3) is 3.86. The van der Waals surface area contributed by atoms with E-state index in [-0.39, 0.29) is 12.7 Å². The fourth-order valence-corrected chi connectivity index (χ4v) is 3.21. The largest absolute Gasteiger partial charge is 0.438 e. The Kier molecular flexibility index (Phi) is 5.19. The molecule has 9 nitrogen and oxygen atoms in total. The molecule has 0 saturated carbocycles. The number of ether oxygens (including phenoxy) is 1. The first kappa shape index (κ1) is 19.8. The number of hydrogen-bond donors (Lipinski definition) is 2. The minimum Gasteiger partial charge on any atom is -0.438 e. The molecule has 31 heavy (non-hydrogen) atoms. The minimum atomic E-state index is -0.260. The van der Waals surface area contributed by atoms with Crippen molar-refractivity contribution in [1.29, 1.82) is 10.5 Å². The molecule has 3 heterocycles. The number of aliphatic hydroxyl groups is 1. The molecule has 4 rings (SSSR count). The molecule has 0 saturated heterocycles. The number of aliphatic hydroxyl groups excluding tert-OH is 1. The van der Waals surface area contributed by atoms with Gasteiger partial charge in [0.25, 0.3) is 0 Å². The van der Waals surface area contributed by atoms with Crippen LogP contribution in [0.2, 0.25) is 0 Å². The lowest BCUT2D eigenvalue weighted by atomic mass is 10.1. The lowest BCUT2D eigenvalue weighted by Gasteiger charge is -2.14. The average molecular weight is 411 g/mol. The van der Waals surface area contributed by atoms with Gasteiger partial charge in [-0.1, -0.05) is 0 Å². The van der Waals surface area contributed by atoms with Crippen molar-refractivity contribution in [2.24, 2.45) is 0 Å². The highest BCUT2D eigenvalue weighted by atomic mass is 16.5. The normalized spacial score (nSPS) is 10.5. The highest BCUT2D eigenvalue weighted by Gasteiger charge is 2.16. The van der Waals surface area contributed by atoms with Gasteiger partial charge in [0.1, 0.15) is 24.4 Å². The number of nitriles is 2. The molecule has 3 aromatic heterocycles. The zero-order chi connectivity index (χ0) is 22.0. The van der Waals surface area contributed by atoms with Gasteiger partial charge in [0, 0.05) is 12.4 Å². The van der Waals surface area contributed by atoms with Crippen molar-refractivity contribution in [1.82, 2.24) is 19.5 Å². The van der Waals surface area contributed by atoms with Gasteiger partial charge in [0.2, 0.25) is 11.8 Å². The molecule has 0 bridgehead atoms. The highest BCUT2D eigenvalue weighted by Crippen LogP contribution is 2.34. The molecule has 4 aromatic rings. The van der Waals surface area contributed by atoms with Crippen LogP contribution in [0.5, 0.6) is 11.6 Å². The molecule has 0 spiro atoms. The van der Waals surface area contributed by atoms with E-state index < -0.39 is 0 Å². The molecule has 0 aliphatic heterocycles. The van der Waals surface area contributed by atoms with Crippen molar-refractivity contribution in [3.05, 3.63) is 65.0 Å². The maximum Gasteiger partial charge on any atom is 0.233 e. The summed E-state index contributed by atoms with van der Waals surface area (Å²) in [5, 5.41) is 31.4. The molecule has 0 aliphatic rings. The summed E-state index contributed by atoms with van der Waals surface area (Å²) in [6.45, 7) is 3.46.